The molecule has 1 aromatic carbocycles. The quantitative estimate of drug-likeness (QED) is 0.838. The summed E-state index contributed by atoms with van der Waals surface area (Å²) in [6, 6.07) is 6.36. The molecule has 2 rings (SSSR count). The second-order valence-electron chi connectivity index (χ2n) is 3.95. The van der Waals surface area contributed by atoms with E-state index in [0.29, 0.717) is 25.3 Å². The van der Waals surface area contributed by atoms with Crippen LogP contribution >= 0.6 is 0 Å². The molecule has 0 spiro atoms. The Bertz CT molecular complexity index is 340. The maximum Gasteiger partial charge on any atom is 0.129 e. The van der Waals surface area contributed by atoms with Gasteiger partial charge in [-0.15, -0.1) is 0 Å². The number of nitrogens with zero attached hydrogens (tertiary/aromatic N) is 1. The molecule has 1 atom stereocenters. The highest BCUT2D eigenvalue weighted by Crippen LogP contribution is 2.18. The molecule has 1 N–H and O–H groups in total. The molecule has 0 amide bonds. The first-order valence-corrected chi connectivity index (χ1v) is 5.50. The van der Waals surface area contributed by atoms with Gasteiger partial charge in [-0.1, -0.05) is 18.2 Å². The van der Waals surface area contributed by atoms with Crippen LogP contribution in [0.15, 0.2) is 24.3 Å². The third kappa shape index (κ3) is 2.78. The van der Waals surface area contributed by atoms with Crippen LogP contribution in [0, 0.1) is 5.82 Å². The summed E-state index contributed by atoms with van der Waals surface area (Å²) in [4.78, 5) is 2.08. The van der Waals surface area contributed by atoms with Crippen molar-refractivity contribution in [1.29, 1.82) is 0 Å². The minimum absolute atomic E-state index is 0.344. The molecule has 1 aromatic rings. The van der Waals surface area contributed by atoms with Crippen LogP contribution in [0.3, 0.4) is 0 Å². The first-order valence-electron chi connectivity index (χ1n) is 5.50. The van der Waals surface area contributed by atoms with E-state index in [9.17, 15) is 9.50 Å². The van der Waals surface area contributed by atoms with E-state index in [2.05, 4.69) is 4.90 Å². The van der Waals surface area contributed by atoms with Gasteiger partial charge < -0.3 is 9.84 Å². The number of hydrogen-bond donors (Lipinski definition) is 1. The Hall–Kier alpha value is -0.970. The molecular formula is C12H16FNO2. The van der Waals surface area contributed by atoms with Gasteiger partial charge in [0.1, 0.15) is 5.82 Å². The lowest BCUT2D eigenvalue weighted by Crippen LogP contribution is -2.38. The molecule has 0 saturated carbocycles. The van der Waals surface area contributed by atoms with Crippen LogP contribution in [-0.2, 0) is 4.74 Å². The lowest BCUT2D eigenvalue weighted by Gasteiger charge is -2.28. The zero-order chi connectivity index (χ0) is 11.4. The van der Waals surface area contributed by atoms with Gasteiger partial charge in [0.25, 0.3) is 0 Å². The summed E-state index contributed by atoms with van der Waals surface area (Å²) in [6.07, 6.45) is -0.765. The van der Waals surface area contributed by atoms with Crippen LogP contribution < -0.4 is 0 Å². The second-order valence-corrected chi connectivity index (χ2v) is 3.95. The molecule has 4 heteroatoms. The van der Waals surface area contributed by atoms with Gasteiger partial charge in [0.15, 0.2) is 0 Å². The minimum Gasteiger partial charge on any atom is -0.387 e. The maximum absolute atomic E-state index is 13.4. The Morgan fingerprint density at radius 1 is 1.31 bits per heavy atom. The van der Waals surface area contributed by atoms with Crippen LogP contribution in [-0.4, -0.2) is 42.9 Å². The monoisotopic (exact) mass is 225 g/mol. The van der Waals surface area contributed by atoms with Crippen molar-refractivity contribution < 1.29 is 14.2 Å². The number of β-amino-alcohol motifs (C(OH)–C–C–N with tert-alkyl or cyclic N) is 1. The van der Waals surface area contributed by atoms with Gasteiger partial charge in [0.2, 0.25) is 0 Å². The van der Waals surface area contributed by atoms with E-state index in [4.69, 9.17) is 4.74 Å². The minimum atomic E-state index is -0.765. The molecule has 1 aliphatic rings. The summed E-state index contributed by atoms with van der Waals surface area (Å²) in [5.41, 5.74) is 0.369. The lowest BCUT2D eigenvalue weighted by atomic mass is 10.1. The zero-order valence-electron chi connectivity index (χ0n) is 9.10. The molecule has 0 radical (unpaired) electrons. The van der Waals surface area contributed by atoms with E-state index < -0.39 is 6.10 Å². The predicted octanol–water partition coefficient (Wildman–Crippen LogP) is 1.19. The Balaban J connectivity index is 1.96. The molecule has 88 valence electrons. The fourth-order valence-corrected chi connectivity index (χ4v) is 1.87. The topological polar surface area (TPSA) is 32.7 Å². The highest BCUT2D eigenvalue weighted by Gasteiger charge is 2.18. The Labute approximate surface area is 94.4 Å². The van der Waals surface area contributed by atoms with E-state index in [1.54, 1.807) is 18.2 Å². The zero-order valence-corrected chi connectivity index (χ0v) is 9.10. The van der Waals surface area contributed by atoms with E-state index in [0.717, 1.165) is 13.1 Å². The number of aliphatic hydroxyl groups is 1. The summed E-state index contributed by atoms with van der Waals surface area (Å²) in [7, 11) is 0. The van der Waals surface area contributed by atoms with Crippen molar-refractivity contribution in [3.8, 4) is 0 Å². The van der Waals surface area contributed by atoms with Crippen molar-refractivity contribution in [3.05, 3.63) is 35.6 Å². The fourth-order valence-electron chi connectivity index (χ4n) is 1.87. The highest BCUT2D eigenvalue weighted by atomic mass is 19.1. The molecule has 1 aliphatic heterocycles. The average Bonchev–Trinajstić information content (AvgIpc) is 2.31. The van der Waals surface area contributed by atoms with Crippen LogP contribution in [0.5, 0.6) is 0 Å². The lowest BCUT2D eigenvalue weighted by molar-refractivity contribution is 0.0137. The van der Waals surface area contributed by atoms with Gasteiger partial charge in [-0.05, 0) is 6.07 Å². The molecule has 1 unspecified atom stereocenters. The van der Waals surface area contributed by atoms with Crippen LogP contribution in [0.25, 0.3) is 0 Å². The number of rotatable bonds is 3. The van der Waals surface area contributed by atoms with Crippen molar-refractivity contribution in [1.82, 2.24) is 4.90 Å². The molecule has 0 aromatic heterocycles. The standard InChI is InChI=1S/C12H16FNO2/c13-11-4-2-1-3-10(11)12(15)9-14-5-7-16-8-6-14/h1-4,12,15H,5-9H2. The van der Waals surface area contributed by atoms with Gasteiger partial charge in [0.05, 0.1) is 19.3 Å². The predicted molar refractivity (Wildman–Crippen MR) is 58.6 cm³/mol. The third-order valence-corrected chi connectivity index (χ3v) is 2.80. The maximum atomic E-state index is 13.4. The first kappa shape index (κ1) is 11.5. The Morgan fingerprint density at radius 3 is 2.69 bits per heavy atom. The number of ether oxygens (including phenoxy) is 1. The third-order valence-electron chi connectivity index (χ3n) is 2.80. The molecular weight excluding hydrogens is 209 g/mol. The summed E-state index contributed by atoms with van der Waals surface area (Å²) in [5.74, 6) is -0.344. The first-order chi connectivity index (χ1) is 7.77. The molecule has 1 fully saturated rings. The molecule has 0 bridgehead atoms. The summed E-state index contributed by atoms with van der Waals surface area (Å²) < 4.78 is 18.6. The van der Waals surface area contributed by atoms with Gasteiger partial charge in [-0.2, -0.15) is 0 Å². The number of morpholine rings is 1. The SMILES string of the molecule is OC(CN1CCOCC1)c1ccccc1F. The average molecular weight is 225 g/mol. The number of benzene rings is 1. The number of aliphatic hydroxyl groups excluding tert-OH is 1. The smallest absolute Gasteiger partial charge is 0.129 e. The van der Waals surface area contributed by atoms with Gasteiger partial charge in [0, 0.05) is 25.2 Å². The normalized spacial score (nSPS) is 19.6. The Kier molecular flexibility index (Phi) is 3.88. The van der Waals surface area contributed by atoms with Crippen molar-refractivity contribution >= 4 is 0 Å². The molecule has 1 saturated heterocycles. The number of hydrogen-bond acceptors (Lipinski definition) is 3. The molecule has 0 aliphatic carbocycles. The summed E-state index contributed by atoms with van der Waals surface area (Å²) in [6.45, 7) is 3.43. The van der Waals surface area contributed by atoms with Crippen molar-refractivity contribution in [3.63, 3.8) is 0 Å². The molecule has 1 heterocycles. The Morgan fingerprint density at radius 2 is 2.00 bits per heavy atom. The second kappa shape index (κ2) is 5.39. The van der Waals surface area contributed by atoms with Crippen molar-refractivity contribution in [2.24, 2.45) is 0 Å². The van der Waals surface area contributed by atoms with E-state index in [-0.39, 0.29) is 5.82 Å². The van der Waals surface area contributed by atoms with E-state index in [1.807, 2.05) is 0 Å². The van der Waals surface area contributed by atoms with Crippen LogP contribution in [0.2, 0.25) is 0 Å². The highest BCUT2D eigenvalue weighted by molar-refractivity contribution is 5.20. The van der Waals surface area contributed by atoms with E-state index in [1.165, 1.54) is 6.07 Å². The summed E-state index contributed by atoms with van der Waals surface area (Å²) >= 11 is 0. The van der Waals surface area contributed by atoms with Crippen LogP contribution in [0.4, 0.5) is 4.39 Å². The van der Waals surface area contributed by atoms with Crippen LogP contribution in [0.1, 0.15) is 11.7 Å². The summed E-state index contributed by atoms with van der Waals surface area (Å²) in [5, 5.41) is 9.93. The fraction of sp³-hybridized carbons (Fsp3) is 0.500. The van der Waals surface area contributed by atoms with Crippen molar-refractivity contribution in [2.45, 2.75) is 6.10 Å². The largest absolute Gasteiger partial charge is 0.387 e. The van der Waals surface area contributed by atoms with Gasteiger partial charge in [-0.25, -0.2) is 4.39 Å². The van der Waals surface area contributed by atoms with E-state index >= 15 is 0 Å². The molecule has 3 nitrogen and oxygen atoms in total. The van der Waals surface area contributed by atoms with Crippen molar-refractivity contribution in [2.75, 3.05) is 32.8 Å². The molecule has 16 heavy (non-hydrogen) atoms. The van der Waals surface area contributed by atoms with Gasteiger partial charge in [-0.3, -0.25) is 4.90 Å². The number of halogens is 1. The van der Waals surface area contributed by atoms with Gasteiger partial charge >= 0.3 is 0 Å².